The van der Waals surface area contributed by atoms with Crippen molar-refractivity contribution in [2.75, 3.05) is 26.7 Å². The molecule has 0 spiro atoms. The van der Waals surface area contributed by atoms with Gasteiger partial charge in [0.2, 0.25) is 0 Å². The average molecular weight is 199 g/mol. The summed E-state index contributed by atoms with van der Waals surface area (Å²) < 4.78 is 0. The molecule has 1 rings (SSSR count). The van der Waals surface area contributed by atoms with Crippen LogP contribution >= 0.6 is 0 Å². The molecule has 1 saturated heterocycles. The van der Waals surface area contributed by atoms with Gasteiger partial charge in [-0.15, -0.1) is 0 Å². The van der Waals surface area contributed by atoms with Crippen molar-refractivity contribution >= 4 is 6.03 Å². The number of carbonyl (C=O) groups excluding carboxylic acids is 1. The molecule has 82 valence electrons. The van der Waals surface area contributed by atoms with Crippen LogP contribution in [0, 0.1) is 5.92 Å². The van der Waals surface area contributed by atoms with Gasteiger partial charge in [-0.1, -0.05) is 0 Å². The van der Waals surface area contributed by atoms with Crippen LogP contribution in [-0.4, -0.2) is 37.6 Å². The normalized spacial score (nSPS) is 22.4. The summed E-state index contributed by atoms with van der Waals surface area (Å²) in [6.45, 7) is 2.77. The molecule has 0 aromatic carbocycles. The molecule has 4 nitrogen and oxygen atoms in total. The highest BCUT2D eigenvalue weighted by atomic mass is 16.2. The fourth-order valence-electron chi connectivity index (χ4n) is 2.07. The number of nitrogens with two attached hydrogens (primary N) is 1. The zero-order valence-electron chi connectivity index (χ0n) is 8.96. The molecule has 0 bridgehead atoms. The Bertz CT molecular complexity index is 184. The second kappa shape index (κ2) is 5.86. The number of likely N-dealkylation sites (tertiary alicyclic amines) is 1. The lowest BCUT2D eigenvalue weighted by atomic mass is 9.93. The monoisotopic (exact) mass is 199 g/mol. The van der Waals surface area contributed by atoms with Gasteiger partial charge in [0.15, 0.2) is 0 Å². The second-order valence-corrected chi connectivity index (χ2v) is 4.04. The van der Waals surface area contributed by atoms with E-state index in [4.69, 9.17) is 5.73 Å². The smallest absolute Gasteiger partial charge is 0.314 e. The van der Waals surface area contributed by atoms with Gasteiger partial charge in [0.1, 0.15) is 0 Å². The molecule has 1 aliphatic rings. The van der Waals surface area contributed by atoms with Crippen LogP contribution in [0.15, 0.2) is 0 Å². The van der Waals surface area contributed by atoms with Crippen LogP contribution in [0.1, 0.15) is 25.7 Å². The molecule has 0 radical (unpaired) electrons. The average Bonchev–Trinajstić information content (AvgIpc) is 2.19. The van der Waals surface area contributed by atoms with Crippen LogP contribution in [0.5, 0.6) is 0 Å². The van der Waals surface area contributed by atoms with Crippen molar-refractivity contribution in [2.45, 2.75) is 25.7 Å². The summed E-state index contributed by atoms with van der Waals surface area (Å²) in [4.78, 5) is 12.7. The molecule has 1 unspecified atom stereocenters. The van der Waals surface area contributed by atoms with Gasteiger partial charge in [0.25, 0.3) is 0 Å². The first-order valence-corrected chi connectivity index (χ1v) is 5.43. The predicted molar refractivity (Wildman–Crippen MR) is 57.0 cm³/mol. The molecule has 1 atom stereocenters. The number of rotatable bonds is 4. The van der Waals surface area contributed by atoms with Crippen LogP contribution < -0.4 is 11.1 Å². The van der Waals surface area contributed by atoms with E-state index in [2.05, 4.69) is 5.32 Å². The number of nitrogens with zero attached hydrogens (tertiary/aromatic N) is 1. The van der Waals surface area contributed by atoms with Crippen molar-refractivity contribution < 1.29 is 4.79 Å². The number of primary amides is 1. The fourth-order valence-corrected chi connectivity index (χ4v) is 2.07. The maximum absolute atomic E-state index is 11.0. The summed E-state index contributed by atoms with van der Waals surface area (Å²) in [7, 11) is 1.97. The Hall–Kier alpha value is -0.770. The quantitative estimate of drug-likeness (QED) is 0.657. The minimum atomic E-state index is -0.261. The van der Waals surface area contributed by atoms with E-state index in [1.54, 1.807) is 4.90 Å². The van der Waals surface area contributed by atoms with Crippen LogP contribution in [-0.2, 0) is 0 Å². The highest BCUT2D eigenvalue weighted by Gasteiger charge is 2.21. The summed E-state index contributed by atoms with van der Waals surface area (Å²) in [5, 5.41) is 3.14. The third-order valence-electron chi connectivity index (χ3n) is 2.87. The molecular weight excluding hydrogens is 178 g/mol. The van der Waals surface area contributed by atoms with Crippen LogP contribution in [0.2, 0.25) is 0 Å². The first-order chi connectivity index (χ1) is 6.74. The highest BCUT2D eigenvalue weighted by Crippen LogP contribution is 2.20. The van der Waals surface area contributed by atoms with Crippen molar-refractivity contribution in [1.29, 1.82) is 0 Å². The lowest BCUT2D eigenvalue weighted by Gasteiger charge is -2.31. The lowest BCUT2D eigenvalue weighted by Crippen LogP contribution is -2.43. The lowest BCUT2D eigenvalue weighted by molar-refractivity contribution is 0.169. The third kappa shape index (κ3) is 3.54. The zero-order chi connectivity index (χ0) is 10.4. The molecule has 0 aromatic heterocycles. The van der Waals surface area contributed by atoms with Gasteiger partial charge in [-0.2, -0.15) is 0 Å². The molecule has 3 N–H and O–H groups in total. The molecule has 1 aliphatic heterocycles. The fraction of sp³-hybridized carbons (Fsp3) is 0.900. The minimum absolute atomic E-state index is 0.261. The zero-order valence-corrected chi connectivity index (χ0v) is 8.96. The molecule has 1 heterocycles. The Morgan fingerprint density at radius 1 is 1.64 bits per heavy atom. The standard InChI is InChI=1S/C10H21N3O/c1-12-6-2-4-9-5-3-7-13(8-9)10(11)14/h9,12H,2-8H2,1H3,(H2,11,14). The predicted octanol–water partition coefficient (Wildman–Crippen LogP) is 0.777. The van der Waals surface area contributed by atoms with E-state index < -0.39 is 0 Å². The van der Waals surface area contributed by atoms with E-state index in [9.17, 15) is 4.79 Å². The molecule has 2 amide bonds. The van der Waals surface area contributed by atoms with Crippen molar-refractivity contribution in [3.8, 4) is 0 Å². The molecular formula is C10H21N3O. The number of hydrogen-bond donors (Lipinski definition) is 2. The van der Waals surface area contributed by atoms with Gasteiger partial charge in [0, 0.05) is 13.1 Å². The minimum Gasteiger partial charge on any atom is -0.351 e. The van der Waals surface area contributed by atoms with Gasteiger partial charge in [-0.05, 0) is 45.2 Å². The van der Waals surface area contributed by atoms with Crippen LogP contribution in [0.25, 0.3) is 0 Å². The summed E-state index contributed by atoms with van der Waals surface area (Å²) in [5.74, 6) is 0.657. The van der Waals surface area contributed by atoms with Gasteiger partial charge in [-0.3, -0.25) is 0 Å². The Morgan fingerprint density at radius 2 is 2.43 bits per heavy atom. The largest absolute Gasteiger partial charge is 0.351 e. The maximum atomic E-state index is 11.0. The first kappa shape index (κ1) is 11.3. The SMILES string of the molecule is CNCCCC1CCCN(C(N)=O)C1. The number of amides is 2. The van der Waals surface area contributed by atoms with Gasteiger partial charge < -0.3 is 16.0 Å². The summed E-state index contributed by atoms with van der Waals surface area (Å²) in [6.07, 6.45) is 4.74. The Kier molecular flexibility index (Phi) is 4.73. The summed E-state index contributed by atoms with van der Waals surface area (Å²) >= 11 is 0. The van der Waals surface area contributed by atoms with Crippen molar-refractivity contribution in [3.05, 3.63) is 0 Å². The molecule has 0 aliphatic carbocycles. The number of hydrogen-bond acceptors (Lipinski definition) is 2. The topological polar surface area (TPSA) is 58.4 Å². The first-order valence-electron chi connectivity index (χ1n) is 5.43. The number of piperidine rings is 1. The molecule has 4 heteroatoms. The Balaban J connectivity index is 2.22. The summed E-state index contributed by atoms with van der Waals surface area (Å²) in [5.41, 5.74) is 5.26. The van der Waals surface area contributed by atoms with Crippen molar-refractivity contribution in [2.24, 2.45) is 11.7 Å². The Labute approximate surface area is 85.8 Å². The Morgan fingerprint density at radius 3 is 3.07 bits per heavy atom. The van der Waals surface area contributed by atoms with Gasteiger partial charge >= 0.3 is 6.03 Å². The van der Waals surface area contributed by atoms with Gasteiger partial charge in [-0.25, -0.2) is 4.79 Å². The number of nitrogens with one attached hydrogen (secondary N) is 1. The van der Waals surface area contributed by atoms with Crippen LogP contribution in [0.3, 0.4) is 0 Å². The number of carbonyl (C=O) groups is 1. The van der Waals surface area contributed by atoms with Gasteiger partial charge in [0.05, 0.1) is 0 Å². The molecule has 14 heavy (non-hydrogen) atoms. The maximum Gasteiger partial charge on any atom is 0.314 e. The van der Waals surface area contributed by atoms with E-state index >= 15 is 0 Å². The van der Waals surface area contributed by atoms with Crippen molar-refractivity contribution in [3.63, 3.8) is 0 Å². The highest BCUT2D eigenvalue weighted by molar-refractivity contribution is 5.72. The summed E-state index contributed by atoms with van der Waals surface area (Å²) in [6, 6.07) is -0.261. The van der Waals surface area contributed by atoms with E-state index in [-0.39, 0.29) is 6.03 Å². The van der Waals surface area contributed by atoms with Crippen LogP contribution in [0.4, 0.5) is 4.79 Å². The third-order valence-corrected chi connectivity index (χ3v) is 2.87. The van der Waals surface area contributed by atoms with E-state index in [0.29, 0.717) is 5.92 Å². The molecule has 0 aromatic rings. The second-order valence-electron chi connectivity index (χ2n) is 4.04. The van der Waals surface area contributed by atoms with E-state index in [0.717, 1.165) is 26.1 Å². The van der Waals surface area contributed by atoms with Crippen molar-refractivity contribution in [1.82, 2.24) is 10.2 Å². The number of urea groups is 1. The van der Waals surface area contributed by atoms with E-state index in [1.807, 2.05) is 7.05 Å². The molecule has 0 saturated carbocycles. The van der Waals surface area contributed by atoms with E-state index in [1.165, 1.54) is 19.3 Å². The molecule has 1 fully saturated rings.